The molecule has 0 spiro atoms. The minimum Gasteiger partial charge on any atom is -0.298 e. The molecule has 7 rings (SSSR count). The first-order chi connectivity index (χ1) is 18.0. The summed E-state index contributed by atoms with van der Waals surface area (Å²) in [6, 6.07) is 26.4. The Morgan fingerprint density at radius 3 is 2.38 bits per heavy atom. The summed E-state index contributed by atoms with van der Waals surface area (Å²) in [6.45, 7) is 0.791. The van der Waals surface area contributed by atoms with Crippen molar-refractivity contribution < 1.29 is 13.2 Å². The number of hydrogen-bond acceptors (Lipinski definition) is 5. The lowest BCUT2D eigenvalue weighted by Crippen LogP contribution is -2.35. The van der Waals surface area contributed by atoms with Crippen molar-refractivity contribution in [2.45, 2.75) is 17.9 Å². The summed E-state index contributed by atoms with van der Waals surface area (Å²) in [4.78, 5) is 18.9. The predicted molar refractivity (Wildman–Crippen MR) is 146 cm³/mol. The third-order valence-corrected chi connectivity index (χ3v) is 9.97. The Morgan fingerprint density at radius 2 is 1.59 bits per heavy atom. The molecule has 4 aromatic carbocycles. The molecule has 8 heteroatoms. The standard InChI is InChI=1S/C29H21N3O3S2/c33-28(31-29-30-26-23-9-3-7-19-8-4-10-24(25(19)23)27(26)36-29)20-11-13-22(14-12-20)37(34,35)32-16-15-18-5-1-2-6-21(18)17-32/h1-14H,15-17H2,(H,30,31,33). The molecule has 1 N–H and O–H groups in total. The molecule has 1 aliphatic carbocycles. The molecule has 1 amide bonds. The largest absolute Gasteiger partial charge is 0.298 e. The summed E-state index contributed by atoms with van der Waals surface area (Å²) >= 11 is 1.45. The third-order valence-electron chi connectivity index (χ3n) is 7.10. The number of rotatable bonds is 4. The summed E-state index contributed by atoms with van der Waals surface area (Å²) in [5.41, 5.74) is 5.69. The van der Waals surface area contributed by atoms with Gasteiger partial charge in [-0.05, 0) is 52.6 Å². The number of fused-ring (bicyclic) bond motifs is 4. The van der Waals surface area contributed by atoms with Crippen LogP contribution in [0.15, 0.2) is 89.8 Å². The SMILES string of the molecule is O=C(Nc1nc2c(s1)-c1cccc3cccc-2c13)c1ccc(S(=O)(=O)N2CCc3ccccc3C2)cc1. The van der Waals surface area contributed by atoms with E-state index in [1.54, 1.807) is 12.1 Å². The van der Waals surface area contributed by atoms with E-state index in [1.807, 2.05) is 36.4 Å². The van der Waals surface area contributed by atoms with Gasteiger partial charge in [0.15, 0.2) is 5.13 Å². The van der Waals surface area contributed by atoms with Gasteiger partial charge in [-0.1, -0.05) is 72.0 Å². The monoisotopic (exact) mass is 523 g/mol. The van der Waals surface area contributed by atoms with Crippen molar-refractivity contribution in [2.24, 2.45) is 0 Å². The molecule has 2 aliphatic rings. The zero-order chi connectivity index (χ0) is 25.1. The van der Waals surface area contributed by atoms with Gasteiger partial charge in [-0.25, -0.2) is 13.4 Å². The van der Waals surface area contributed by atoms with Crippen LogP contribution in [0.3, 0.4) is 0 Å². The molecule has 1 aromatic heterocycles. The van der Waals surface area contributed by atoms with Gasteiger partial charge in [0.2, 0.25) is 10.0 Å². The van der Waals surface area contributed by atoms with Crippen molar-refractivity contribution >= 4 is 43.2 Å². The number of hydrogen-bond donors (Lipinski definition) is 1. The minimum absolute atomic E-state index is 0.182. The van der Waals surface area contributed by atoms with Gasteiger partial charge in [0.25, 0.3) is 5.91 Å². The Balaban J connectivity index is 1.10. The van der Waals surface area contributed by atoms with Crippen molar-refractivity contribution in [3.63, 3.8) is 0 Å². The minimum atomic E-state index is -3.66. The maximum Gasteiger partial charge on any atom is 0.257 e. The van der Waals surface area contributed by atoms with Gasteiger partial charge in [-0.3, -0.25) is 10.1 Å². The van der Waals surface area contributed by atoms with Crippen LogP contribution >= 0.6 is 11.3 Å². The Bertz CT molecular complexity index is 1770. The number of thiazole rings is 1. The lowest BCUT2D eigenvalue weighted by atomic mass is 10.0. The third kappa shape index (κ3) is 3.60. The summed E-state index contributed by atoms with van der Waals surface area (Å²) < 4.78 is 28.0. The number of carbonyl (C=O) groups is 1. The van der Waals surface area contributed by atoms with E-state index in [0.29, 0.717) is 30.2 Å². The molecular formula is C29H21N3O3S2. The second-order valence-corrected chi connectivity index (χ2v) is 12.2. The fraction of sp³-hybridized carbons (Fsp3) is 0.103. The van der Waals surface area contributed by atoms with Crippen LogP contribution < -0.4 is 5.32 Å². The number of nitrogens with one attached hydrogen (secondary N) is 1. The maximum atomic E-state index is 13.2. The van der Waals surface area contributed by atoms with E-state index in [2.05, 4.69) is 29.6 Å². The Morgan fingerprint density at radius 1 is 0.865 bits per heavy atom. The fourth-order valence-electron chi connectivity index (χ4n) is 5.24. The van der Waals surface area contributed by atoms with Crippen LogP contribution in [0.4, 0.5) is 5.13 Å². The normalized spacial score (nSPS) is 14.4. The van der Waals surface area contributed by atoms with Crippen molar-refractivity contribution in [3.05, 3.63) is 102 Å². The number of sulfonamides is 1. The molecule has 6 nitrogen and oxygen atoms in total. The van der Waals surface area contributed by atoms with Crippen molar-refractivity contribution in [1.29, 1.82) is 0 Å². The van der Waals surface area contributed by atoms with Gasteiger partial charge in [0.1, 0.15) is 0 Å². The van der Waals surface area contributed by atoms with Crippen molar-refractivity contribution in [2.75, 3.05) is 11.9 Å². The molecule has 0 atom stereocenters. The molecule has 0 saturated carbocycles. The molecule has 0 saturated heterocycles. The van der Waals surface area contributed by atoms with Crippen molar-refractivity contribution in [3.8, 4) is 21.7 Å². The zero-order valence-corrected chi connectivity index (χ0v) is 21.3. The lowest BCUT2D eigenvalue weighted by Gasteiger charge is -2.28. The fourth-order valence-corrected chi connectivity index (χ4v) is 7.66. The van der Waals surface area contributed by atoms with E-state index in [0.717, 1.165) is 27.3 Å². The first-order valence-corrected chi connectivity index (χ1v) is 14.3. The van der Waals surface area contributed by atoms with Crippen LogP contribution in [0.1, 0.15) is 21.5 Å². The van der Waals surface area contributed by atoms with E-state index in [9.17, 15) is 13.2 Å². The molecule has 0 fully saturated rings. The number of benzene rings is 4. The number of carbonyl (C=O) groups excluding carboxylic acids is 1. The second-order valence-electron chi connectivity index (χ2n) is 9.24. The first-order valence-electron chi connectivity index (χ1n) is 12.0. The van der Waals surface area contributed by atoms with Crippen LogP contribution in [-0.4, -0.2) is 30.2 Å². The molecule has 2 heterocycles. The van der Waals surface area contributed by atoms with Crippen LogP contribution in [-0.2, 0) is 23.0 Å². The lowest BCUT2D eigenvalue weighted by molar-refractivity contribution is 0.102. The van der Waals surface area contributed by atoms with Crippen LogP contribution in [0, 0.1) is 0 Å². The van der Waals surface area contributed by atoms with E-state index in [-0.39, 0.29) is 10.8 Å². The summed E-state index contributed by atoms with van der Waals surface area (Å²) in [5, 5.41) is 5.79. The van der Waals surface area contributed by atoms with Crippen LogP contribution in [0.2, 0.25) is 0 Å². The molecular weight excluding hydrogens is 502 g/mol. The molecule has 182 valence electrons. The maximum absolute atomic E-state index is 13.2. The first kappa shape index (κ1) is 22.4. The van der Waals surface area contributed by atoms with E-state index < -0.39 is 10.0 Å². The predicted octanol–water partition coefficient (Wildman–Crippen LogP) is 5.94. The van der Waals surface area contributed by atoms with Gasteiger partial charge in [0, 0.05) is 29.8 Å². The summed E-state index contributed by atoms with van der Waals surface area (Å²) in [5.74, 6) is -0.324. The van der Waals surface area contributed by atoms with E-state index >= 15 is 0 Å². The Labute approximate surface area is 218 Å². The van der Waals surface area contributed by atoms with Gasteiger partial charge >= 0.3 is 0 Å². The summed E-state index contributed by atoms with van der Waals surface area (Å²) in [6.07, 6.45) is 0.687. The second kappa shape index (κ2) is 8.34. The Hall–Kier alpha value is -3.85. The van der Waals surface area contributed by atoms with E-state index in [4.69, 9.17) is 4.98 Å². The quantitative estimate of drug-likeness (QED) is 0.310. The van der Waals surface area contributed by atoms with Crippen LogP contribution in [0.25, 0.3) is 32.5 Å². The number of aromatic nitrogens is 1. The highest BCUT2D eigenvalue weighted by molar-refractivity contribution is 7.89. The molecule has 0 bridgehead atoms. The van der Waals surface area contributed by atoms with Gasteiger partial charge < -0.3 is 0 Å². The highest BCUT2D eigenvalue weighted by Gasteiger charge is 2.29. The number of anilines is 1. The zero-order valence-electron chi connectivity index (χ0n) is 19.6. The average molecular weight is 524 g/mol. The number of amides is 1. The molecule has 0 unspecified atom stereocenters. The van der Waals surface area contributed by atoms with Gasteiger partial charge in [-0.15, -0.1) is 0 Å². The topological polar surface area (TPSA) is 79.4 Å². The average Bonchev–Trinajstić information content (AvgIpc) is 3.47. The number of nitrogens with zero attached hydrogens (tertiary/aromatic N) is 2. The summed E-state index contributed by atoms with van der Waals surface area (Å²) in [7, 11) is -3.66. The smallest absolute Gasteiger partial charge is 0.257 e. The van der Waals surface area contributed by atoms with E-state index in [1.165, 1.54) is 44.1 Å². The molecule has 5 aromatic rings. The molecule has 0 radical (unpaired) electrons. The highest BCUT2D eigenvalue weighted by atomic mass is 32.2. The van der Waals surface area contributed by atoms with Crippen LogP contribution in [0.5, 0.6) is 0 Å². The van der Waals surface area contributed by atoms with Crippen molar-refractivity contribution in [1.82, 2.24) is 9.29 Å². The molecule has 1 aliphatic heterocycles. The van der Waals surface area contributed by atoms with Gasteiger partial charge in [0.05, 0.1) is 15.5 Å². The molecule has 37 heavy (non-hydrogen) atoms. The highest BCUT2D eigenvalue weighted by Crippen LogP contribution is 2.50. The van der Waals surface area contributed by atoms with Gasteiger partial charge in [-0.2, -0.15) is 4.31 Å². The Kier molecular flexibility index (Phi) is 5.04.